The van der Waals surface area contributed by atoms with Gasteiger partial charge in [0.25, 0.3) is 0 Å². The van der Waals surface area contributed by atoms with E-state index in [0.717, 1.165) is 17.4 Å². The molecule has 1 aliphatic carbocycles. The lowest BCUT2D eigenvalue weighted by molar-refractivity contribution is 0.602. The molecule has 3 nitrogen and oxygen atoms in total. The van der Waals surface area contributed by atoms with E-state index in [-0.39, 0.29) is 0 Å². The van der Waals surface area contributed by atoms with Gasteiger partial charge >= 0.3 is 0 Å². The van der Waals surface area contributed by atoms with Gasteiger partial charge in [-0.15, -0.1) is 0 Å². The fraction of sp³-hybridized carbons (Fsp3) is 0.636. The number of aryl methyl sites for hydroxylation is 1. The Morgan fingerprint density at radius 2 is 2.20 bits per heavy atom. The fourth-order valence-corrected chi connectivity index (χ4v) is 2.38. The number of aromatic nitrogens is 2. The molecular weight excluding hydrogens is 210 g/mol. The lowest BCUT2D eigenvalue weighted by Crippen LogP contribution is -2.16. The Balaban J connectivity index is 2.04. The monoisotopic (exact) mass is 225 g/mol. The average molecular weight is 226 g/mol. The highest BCUT2D eigenvalue weighted by molar-refractivity contribution is 6.28. The zero-order valence-electron chi connectivity index (χ0n) is 9.13. The third kappa shape index (κ3) is 2.81. The number of halogens is 1. The molecule has 0 amide bonds. The van der Waals surface area contributed by atoms with Crippen molar-refractivity contribution in [3.8, 4) is 0 Å². The van der Waals surface area contributed by atoms with Gasteiger partial charge in [-0.2, -0.15) is 0 Å². The molecule has 4 heteroatoms. The van der Waals surface area contributed by atoms with Gasteiger partial charge in [-0.1, -0.05) is 6.92 Å². The van der Waals surface area contributed by atoms with Gasteiger partial charge in [0.2, 0.25) is 5.28 Å². The first-order chi connectivity index (χ1) is 7.13. The molecule has 1 heterocycles. The molecule has 0 aliphatic heterocycles. The molecule has 1 aromatic heterocycles. The third-order valence-electron chi connectivity index (χ3n) is 2.87. The maximum absolute atomic E-state index is 5.80. The molecule has 82 valence electrons. The highest BCUT2D eigenvalue weighted by Crippen LogP contribution is 2.27. The Bertz CT molecular complexity index is 333. The maximum Gasteiger partial charge on any atom is 0.224 e. The molecule has 2 rings (SSSR count). The first-order valence-electron chi connectivity index (χ1n) is 5.41. The van der Waals surface area contributed by atoms with Crippen LogP contribution in [0.1, 0.15) is 31.9 Å². The Labute approximate surface area is 95.3 Å². The molecule has 1 fully saturated rings. The molecule has 2 atom stereocenters. The van der Waals surface area contributed by atoms with Gasteiger partial charge in [0, 0.05) is 17.8 Å². The number of hydrogen-bond acceptors (Lipinski definition) is 3. The van der Waals surface area contributed by atoms with E-state index in [4.69, 9.17) is 11.6 Å². The summed E-state index contributed by atoms with van der Waals surface area (Å²) in [6.45, 7) is 4.22. The Hall–Kier alpha value is -0.830. The average Bonchev–Trinajstić information content (AvgIpc) is 2.49. The quantitative estimate of drug-likeness (QED) is 0.787. The molecule has 0 spiro atoms. The van der Waals surface area contributed by atoms with E-state index in [1.165, 1.54) is 19.3 Å². The molecule has 0 aromatic carbocycles. The summed E-state index contributed by atoms with van der Waals surface area (Å²) in [5.41, 5.74) is 0.906. The van der Waals surface area contributed by atoms with E-state index in [2.05, 4.69) is 22.2 Å². The number of hydrogen-bond donors (Lipinski definition) is 1. The summed E-state index contributed by atoms with van der Waals surface area (Å²) in [5, 5.41) is 3.74. The van der Waals surface area contributed by atoms with Gasteiger partial charge in [-0.05, 0) is 43.7 Å². The smallest absolute Gasteiger partial charge is 0.224 e. The van der Waals surface area contributed by atoms with Crippen molar-refractivity contribution in [2.75, 3.05) is 5.32 Å². The van der Waals surface area contributed by atoms with Crippen molar-refractivity contribution in [2.24, 2.45) is 5.92 Å². The van der Waals surface area contributed by atoms with Gasteiger partial charge in [-0.25, -0.2) is 9.97 Å². The van der Waals surface area contributed by atoms with Crippen molar-refractivity contribution in [3.63, 3.8) is 0 Å². The van der Waals surface area contributed by atoms with Crippen molar-refractivity contribution in [2.45, 2.75) is 39.2 Å². The van der Waals surface area contributed by atoms with E-state index in [1.54, 1.807) is 0 Å². The number of nitrogens with one attached hydrogen (secondary N) is 1. The van der Waals surface area contributed by atoms with E-state index in [0.29, 0.717) is 11.3 Å². The predicted molar refractivity (Wildman–Crippen MR) is 62.2 cm³/mol. The molecule has 15 heavy (non-hydrogen) atoms. The van der Waals surface area contributed by atoms with Crippen LogP contribution in [-0.2, 0) is 0 Å². The number of rotatable bonds is 2. The molecule has 1 aromatic rings. The summed E-state index contributed by atoms with van der Waals surface area (Å²) < 4.78 is 0. The largest absolute Gasteiger partial charge is 0.367 e. The van der Waals surface area contributed by atoms with Gasteiger partial charge in [0.1, 0.15) is 5.82 Å². The summed E-state index contributed by atoms with van der Waals surface area (Å²) >= 11 is 5.80. The van der Waals surface area contributed by atoms with Crippen LogP contribution in [0.2, 0.25) is 5.28 Å². The highest BCUT2D eigenvalue weighted by atomic mass is 35.5. The fourth-order valence-electron chi connectivity index (χ4n) is 2.15. The van der Waals surface area contributed by atoms with Crippen molar-refractivity contribution in [1.29, 1.82) is 0 Å². The van der Waals surface area contributed by atoms with Crippen LogP contribution in [0.25, 0.3) is 0 Å². The van der Waals surface area contributed by atoms with Crippen molar-refractivity contribution in [1.82, 2.24) is 9.97 Å². The van der Waals surface area contributed by atoms with Crippen LogP contribution >= 0.6 is 11.6 Å². The summed E-state index contributed by atoms with van der Waals surface area (Å²) in [6, 6.07) is 2.49. The molecule has 2 unspecified atom stereocenters. The minimum atomic E-state index is 0.323. The third-order valence-corrected chi connectivity index (χ3v) is 3.04. The second-order valence-corrected chi connectivity index (χ2v) is 4.76. The van der Waals surface area contributed by atoms with Gasteiger partial charge in [0.05, 0.1) is 0 Å². The van der Waals surface area contributed by atoms with Crippen molar-refractivity contribution in [3.05, 3.63) is 17.0 Å². The lowest BCUT2D eigenvalue weighted by atomic mass is 10.1. The normalized spacial score (nSPS) is 25.5. The summed E-state index contributed by atoms with van der Waals surface area (Å²) in [7, 11) is 0. The molecule has 1 N–H and O–H groups in total. The van der Waals surface area contributed by atoms with Crippen LogP contribution in [0.15, 0.2) is 6.07 Å². The molecule has 1 aliphatic rings. The Morgan fingerprint density at radius 3 is 2.80 bits per heavy atom. The summed E-state index contributed by atoms with van der Waals surface area (Å²) in [6.07, 6.45) is 3.75. The molecular formula is C11H16ClN3. The second kappa shape index (κ2) is 4.35. The van der Waals surface area contributed by atoms with Crippen LogP contribution in [0.3, 0.4) is 0 Å². The van der Waals surface area contributed by atoms with Crippen molar-refractivity contribution < 1.29 is 0 Å². The van der Waals surface area contributed by atoms with Crippen LogP contribution in [0, 0.1) is 12.8 Å². The molecule has 1 saturated carbocycles. The Kier molecular flexibility index (Phi) is 3.10. The predicted octanol–water partition coefficient (Wildman–Crippen LogP) is 3.04. The minimum absolute atomic E-state index is 0.323. The lowest BCUT2D eigenvalue weighted by Gasteiger charge is -2.13. The maximum atomic E-state index is 5.80. The van der Waals surface area contributed by atoms with Gasteiger partial charge < -0.3 is 5.32 Å². The highest BCUT2D eigenvalue weighted by Gasteiger charge is 2.21. The Morgan fingerprint density at radius 1 is 1.40 bits per heavy atom. The number of nitrogens with zero attached hydrogens (tertiary/aromatic N) is 2. The van der Waals surface area contributed by atoms with Gasteiger partial charge in [0.15, 0.2) is 0 Å². The minimum Gasteiger partial charge on any atom is -0.367 e. The second-order valence-electron chi connectivity index (χ2n) is 4.42. The van der Waals surface area contributed by atoms with E-state index < -0.39 is 0 Å². The van der Waals surface area contributed by atoms with Crippen LogP contribution < -0.4 is 5.32 Å². The first kappa shape index (κ1) is 10.7. The molecule has 0 saturated heterocycles. The topological polar surface area (TPSA) is 37.8 Å². The summed E-state index contributed by atoms with van der Waals surface area (Å²) in [5.74, 6) is 1.67. The van der Waals surface area contributed by atoms with Crippen LogP contribution in [0.5, 0.6) is 0 Å². The van der Waals surface area contributed by atoms with Crippen molar-refractivity contribution >= 4 is 17.4 Å². The van der Waals surface area contributed by atoms with E-state index >= 15 is 0 Å². The van der Waals surface area contributed by atoms with Crippen LogP contribution in [-0.4, -0.2) is 16.0 Å². The zero-order valence-corrected chi connectivity index (χ0v) is 9.88. The van der Waals surface area contributed by atoms with E-state index in [1.807, 2.05) is 13.0 Å². The molecule has 0 radical (unpaired) electrons. The molecule has 0 bridgehead atoms. The van der Waals surface area contributed by atoms with Crippen LogP contribution in [0.4, 0.5) is 5.82 Å². The van der Waals surface area contributed by atoms with Gasteiger partial charge in [-0.3, -0.25) is 0 Å². The zero-order chi connectivity index (χ0) is 10.8. The van der Waals surface area contributed by atoms with E-state index in [9.17, 15) is 0 Å². The first-order valence-corrected chi connectivity index (χ1v) is 5.79. The number of anilines is 1. The standard InChI is InChI=1S/C11H16ClN3/c1-7-3-4-9(5-7)14-10-6-8(2)13-11(12)15-10/h6-7,9H,3-5H2,1-2H3,(H,13,14,15). The summed E-state index contributed by atoms with van der Waals surface area (Å²) in [4.78, 5) is 8.20. The SMILES string of the molecule is Cc1cc(NC2CCC(C)C2)nc(Cl)n1.